The highest BCUT2D eigenvalue weighted by Gasteiger charge is 2.22. The van der Waals surface area contributed by atoms with Crippen molar-refractivity contribution in [1.29, 1.82) is 0 Å². The molecule has 1 saturated heterocycles. The third kappa shape index (κ3) is 4.32. The highest BCUT2D eigenvalue weighted by atomic mass is 16.2. The van der Waals surface area contributed by atoms with E-state index in [-0.39, 0.29) is 18.4 Å². The standard InChI is InChI=1S/C11H22N4O2/c1-2-9(12)11(17)15-5-3-4-14(6-7-15)8-10(13)16/h9H,2-8,12H2,1H3,(H2,13,16). The van der Waals surface area contributed by atoms with Gasteiger partial charge in [-0.25, -0.2) is 0 Å². The van der Waals surface area contributed by atoms with E-state index in [0.29, 0.717) is 26.1 Å². The van der Waals surface area contributed by atoms with Gasteiger partial charge in [-0.05, 0) is 12.8 Å². The summed E-state index contributed by atoms with van der Waals surface area (Å²) in [5, 5.41) is 0. The number of primary amides is 1. The summed E-state index contributed by atoms with van der Waals surface area (Å²) in [6.07, 6.45) is 1.51. The van der Waals surface area contributed by atoms with Gasteiger partial charge < -0.3 is 16.4 Å². The van der Waals surface area contributed by atoms with Crippen LogP contribution in [0.1, 0.15) is 19.8 Å². The minimum atomic E-state index is -0.405. The fourth-order valence-electron chi connectivity index (χ4n) is 1.98. The summed E-state index contributed by atoms with van der Waals surface area (Å²) < 4.78 is 0. The zero-order chi connectivity index (χ0) is 12.8. The van der Waals surface area contributed by atoms with Crippen molar-refractivity contribution < 1.29 is 9.59 Å². The molecule has 1 unspecified atom stereocenters. The van der Waals surface area contributed by atoms with Crippen LogP contribution >= 0.6 is 0 Å². The first-order valence-corrected chi connectivity index (χ1v) is 6.09. The number of nitrogens with zero attached hydrogens (tertiary/aromatic N) is 2. The summed E-state index contributed by atoms with van der Waals surface area (Å²) in [4.78, 5) is 26.5. The van der Waals surface area contributed by atoms with Crippen LogP contribution in [0.25, 0.3) is 0 Å². The Bertz CT molecular complexity index is 283. The van der Waals surface area contributed by atoms with E-state index >= 15 is 0 Å². The SMILES string of the molecule is CCC(N)C(=O)N1CCCN(CC(N)=O)CC1. The Morgan fingerprint density at radius 2 is 1.94 bits per heavy atom. The number of hydrogen-bond acceptors (Lipinski definition) is 4. The first kappa shape index (κ1) is 13.9. The third-order valence-corrected chi connectivity index (χ3v) is 3.04. The molecule has 2 amide bonds. The van der Waals surface area contributed by atoms with E-state index in [9.17, 15) is 9.59 Å². The molecule has 6 nitrogen and oxygen atoms in total. The molecular formula is C11H22N4O2. The Morgan fingerprint density at radius 3 is 2.53 bits per heavy atom. The molecule has 0 radical (unpaired) electrons. The number of amides is 2. The molecule has 1 aliphatic heterocycles. The predicted octanol–water partition coefficient (Wildman–Crippen LogP) is -1.26. The van der Waals surface area contributed by atoms with Crippen LogP contribution in [-0.2, 0) is 9.59 Å². The second-order valence-electron chi connectivity index (χ2n) is 4.44. The Morgan fingerprint density at radius 1 is 1.24 bits per heavy atom. The Hall–Kier alpha value is -1.14. The van der Waals surface area contributed by atoms with Gasteiger partial charge in [-0.1, -0.05) is 6.92 Å². The average molecular weight is 242 g/mol. The van der Waals surface area contributed by atoms with Crippen LogP contribution in [0.3, 0.4) is 0 Å². The summed E-state index contributed by atoms with van der Waals surface area (Å²) in [6.45, 7) is 4.99. The lowest BCUT2D eigenvalue weighted by molar-refractivity contribution is -0.132. The number of carbonyl (C=O) groups excluding carboxylic acids is 2. The van der Waals surface area contributed by atoms with Crippen LogP contribution in [0.15, 0.2) is 0 Å². The van der Waals surface area contributed by atoms with Crippen molar-refractivity contribution in [1.82, 2.24) is 9.80 Å². The van der Waals surface area contributed by atoms with Crippen molar-refractivity contribution in [2.75, 3.05) is 32.7 Å². The first-order chi connectivity index (χ1) is 8.04. The molecule has 0 aromatic heterocycles. The van der Waals surface area contributed by atoms with E-state index in [0.717, 1.165) is 13.0 Å². The van der Waals surface area contributed by atoms with Crippen molar-refractivity contribution in [2.45, 2.75) is 25.8 Å². The molecule has 1 aliphatic rings. The molecule has 0 aromatic carbocycles. The second-order valence-corrected chi connectivity index (χ2v) is 4.44. The summed E-state index contributed by atoms with van der Waals surface area (Å²) in [6, 6.07) is -0.405. The van der Waals surface area contributed by atoms with Gasteiger partial charge in [0.2, 0.25) is 11.8 Å². The number of carbonyl (C=O) groups is 2. The smallest absolute Gasteiger partial charge is 0.239 e. The highest BCUT2D eigenvalue weighted by Crippen LogP contribution is 2.05. The summed E-state index contributed by atoms with van der Waals surface area (Å²) in [5.74, 6) is -0.316. The van der Waals surface area contributed by atoms with E-state index < -0.39 is 6.04 Å². The van der Waals surface area contributed by atoms with E-state index in [1.807, 2.05) is 11.8 Å². The van der Waals surface area contributed by atoms with Gasteiger partial charge in [0, 0.05) is 26.2 Å². The van der Waals surface area contributed by atoms with Gasteiger partial charge in [-0.3, -0.25) is 14.5 Å². The van der Waals surface area contributed by atoms with Gasteiger partial charge in [0.25, 0.3) is 0 Å². The molecule has 0 spiro atoms. The van der Waals surface area contributed by atoms with Crippen molar-refractivity contribution in [3.63, 3.8) is 0 Å². The van der Waals surface area contributed by atoms with Gasteiger partial charge in [0.1, 0.15) is 0 Å². The zero-order valence-electron chi connectivity index (χ0n) is 10.4. The molecule has 6 heteroatoms. The van der Waals surface area contributed by atoms with E-state index in [1.165, 1.54) is 0 Å². The van der Waals surface area contributed by atoms with Gasteiger partial charge in [0.15, 0.2) is 0 Å². The summed E-state index contributed by atoms with van der Waals surface area (Å²) in [7, 11) is 0. The molecule has 1 fully saturated rings. The normalized spacial score (nSPS) is 19.8. The van der Waals surface area contributed by atoms with Crippen LogP contribution in [-0.4, -0.2) is 60.4 Å². The molecule has 17 heavy (non-hydrogen) atoms. The Balaban J connectivity index is 2.47. The largest absolute Gasteiger partial charge is 0.369 e. The minimum absolute atomic E-state index is 0.00780. The van der Waals surface area contributed by atoms with Crippen LogP contribution < -0.4 is 11.5 Å². The van der Waals surface area contributed by atoms with Gasteiger partial charge >= 0.3 is 0 Å². The Kier molecular flexibility index (Phi) is 5.37. The molecule has 1 rings (SSSR count). The molecule has 98 valence electrons. The van der Waals surface area contributed by atoms with Gasteiger partial charge in [-0.15, -0.1) is 0 Å². The van der Waals surface area contributed by atoms with Crippen LogP contribution in [0.4, 0.5) is 0 Å². The lowest BCUT2D eigenvalue weighted by Gasteiger charge is -2.23. The third-order valence-electron chi connectivity index (χ3n) is 3.04. The quantitative estimate of drug-likeness (QED) is 0.644. The minimum Gasteiger partial charge on any atom is -0.369 e. The summed E-state index contributed by atoms with van der Waals surface area (Å²) in [5.41, 5.74) is 10.9. The van der Waals surface area contributed by atoms with Gasteiger partial charge in [0.05, 0.1) is 12.6 Å². The molecule has 1 heterocycles. The molecule has 4 N–H and O–H groups in total. The Labute approximate surface area is 102 Å². The average Bonchev–Trinajstić information content (AvgIpc) is 2.52. The monoisotopic (exact) mass is 242 g/mol. The van der Waals surface area contributed by atoms with Crippen LogP contribution in [0.5, 0.6) is 0 Å². The van der Waals surface area contributed by atoms with Crippen LogP contribution in [0.2, 0.25) is 0 Å². The molecule has 1 atom stereocenters. The maximum Gasteiger partial charge on any atom is 0.239 e. The molecular weight excluding hydrogens is 220 g/mol. The van der Waals surface area contributed by atoms with Crippen LogP contribution in [0, 0.1) is 0 Å². The lowest BCUT2D eigenvalue weighted by Crippen LogP contribution is -2.45. The molecule has 0 aromatic rings. The van der Waals surface area contributed by atoms with E-state index in [4.69, 9.17) is 11.5 Å². The van der Waals surface area contributed by atoms with Crippen molar-refractivity contribution in [3.8, 4) is 0 Å². The van der Waals surface area contributed by atoms with Crippen molar-refractivity contribution >= 4 is 11.8 Å². The maximum atomic E-state index is 11.9. The predicted molar refractivity (Wildman–Crippen MR) is 65.1 cm³/mol. The van der Waals surface area contributed by atoms with E-state index in [2.05, 4.69) is 0 Å². The molecule has 0 aliphatic carbocycles. The second kappa shape index (κ2) is 6.56. The number of rotatable bonds is 4. The van der Waals surface area contributed by atoms with E-state index in [1.54, 1.807) is 4.90 Å². The zero-order valence-corrected chi connectivity index (χ0v) is 10.4. The van der Waals surface area contributed by atoms with Crippen molar-refractivity contribution in [2.24, 2.45) is 11.5 Å². The number of nitrogens with two attached hydrogens (primary N) is 2. The summed E-state index contributed by atoms with van der Waals surface area (Å²) >= 11 is 0. The fraction of sp³-hybridized carbons (Fsp3) is 0.818. The fourth-order valence-corrected chi connectivity index (χ4v) is 1.98. The molecule has 0 bridgehead atoms. The number of hydrogen-bond donors (Lipinski definition) is 2. The first-order valence-electron chi connectivity index (χ1n) is 6.09. The topological polar surface area (TPSA) is 92.7 Å². The van der Waals surface area contributed by atoms with Gasteiger partial charge in [-0.2, -0.15) is 0 Å². The van der Waals surface area contributed by atoms with Crippen molar-refractivity contribution in [3.05, 3.63) is 0 Å². The maximum absolute atomic E-state index is 11.9. The lowest BCUT2D eigenvalue weighted by atomic mass is 10.2. The highest BCUT2D eigenvalue weighted by molar-refractivity contribution is 5.81. The molecule has 0 saturated carbocycles.